The first-order chi connectivity index (χ1) is 13.8. The van der Waals surface area contributed by atoms with Gasteiger partial charge >= 0.3 is 6.18 Å². The Morgan fingerprint density at radius 2 is 1.66 bits per heavy atom. The molecule has 0 saturated heterocycles. The van der Waals surface area contributed by atoms with E-state index in [2.05, 4.69) is 5.16 Å². The number of alkyl halides is 3. The molecule has 0 bridgehead atoms. The minimum atomic E-state index is -4.69. The molecule has 0 amide bonds. The lowest BCUT2D eigenvalue weighted by Crippen LogP contribution is -2.17. The summed E-state index contributed by atoms with van der Waals surface area (Å²) in [7, 11) is 0. The summed E-state index contributed by atoms with van der Waals surface area (Å²) in [6.45, 7) is 0. The van der Waals surface area contributed by atoms with Gasteiger partial charge in [-0.25, -0.2) is 0 Å². The highest BCUT2D eigenvalue weighted by molar-refractivity contribution is 6.07. The second-order valence-corrected chi connectivity index (χ2v) is 6.13. The number of benzene rings is 3. The Balaban J connectivity index is 2.49. The molecule has 0 saturated carbocycles. The van der Waals surface area contributed by atoms with Crippen LogP contribution >= 0.6 is 0 Å². The lowest BCUT2D eigenvalue weighted by atomic mass is 9.86. The van der Waals surface area contributed by atoms with Crippen molar-refractivity contribution in [1.82, 2.24) is 0 Å². The van der Waals surface area contributed by atoms with Crippen molar-refractivity contribution >= 4 is 5.84 Å². The van der Waals surface area contributed by atoms with E-state index in [9.17, 15) is 23.5 Å². The van der Waals surface area contributed by atoms with Crippen molar-refractivity contribution in [2.24, 2.45) is 10.9 Å². The van der Waals surface area contributed by atoms with E-state index in [-0.39, 0.29) is 28.0 Å². The molecule has 0 fully saturated rings. The Hall–Kier alpha value is -3.99. The smallest absolute Gasteiger partial charge is 0.416 e. The van der Waals surface area contributed by atoms with Crippen molar-refractivity contribution in [2.75, 3.05) is 0 Å². The minimum Gasteiger partial charge on any atom is -0.508 e. The summed E-state index contributed by atoms with van der Waals surface area (Å²) in [6.07, 6.45) is -4.69. The Morgan fingerprint density at radius 3 is 2.24 bits per heavy atom. The molecule has 3 aromatic carbocycles. The average Bonchev–Trinajstić information content (AvgIpc) is 2.72. The number of hydrogen-bond acceptors (Lipinski definition) is 4. The zero-order valence-electron chi connectivity index (χ0n) is 14.8. The molecule has 8 heteroatoms. The summed E-state index contributed by atoms with van der Waals surface area (Å²) in [6, 6.07) is 15.6. The zero-order valence-corrected chi connectivity index (χ0v) is 14.8. The van der Waals surface area contributed by atoms with Crippen LogP contribution in [0, 0.1) is 11.3 Å². The first kappa shape index (κ1) is 19.8. The van der Waals surface area contributed by atoms with Crippen LogP contribution in [-0.2, 0) is 6.18 Å². The van der Waals surface area contributed by atoms with Gasteiger partial charge < -0.3 is 16.0 Å². The molecule has 3 rings (SSSR count). The van der Waals surface area contributed by atoms with E-state index in [4.69, 9.17) is 10.9 Å². The molecule has 4 N–H and O–H groups in total. The van der Waals surface area contributed by atoms with Gasteiger partial charge in [-0.3, -0.25) is 0 Å². The lowest BCUT2D eigenvalue weighted by molar-refractivity contribution is -0.137. The van der Waals surface area contributed by atoms with Gasteiger partial charge in [0.2, 0.25) is 0 Å². The predicted molar refractivity (Wildman–Crippen MR) is 101 cm³/mol. The van der Waals surface area contributed by atoms with Crippen LogP contribution in [0.5, 0.6) is 5.75 Å². The molecule has 146 valence electrons. The summed E-state index contributed by atoms with van der Waals surface area (Å²) in [4.78, 5) is 0. The van der Waals surface area contributed by atoms with Crippen molar-refractivity contribution in [3.05, 3.63) is 77.4 Å². The van der Waals surface area contributed by atoms with Gasteiger partial charge in [0, 0.05) is 16.7 Å². The second-order valence-electron chi connectivity index (χ2n) is 6.13. The van der Waals surface area contributed by atoms with Crippen LogP contribution < -0.4 is 5.73 Å². The first-order valence-corrected chi connectivity index (χ1v) is 8.28. The van der Waals surface area contributed by atoms with Crippen molar-refractivity contribution < 1.29 is 23.5 Å². The highest BCUT2D eigenvalue weighted by atomic mass is 19.4. The Bertz CT molecular complexity index is 1130. The number of halogens is 3. The van der Waals surface area contributed by atoms with E-state index >= 15 is 0 Å². The maximum Gasteiger partial charge on any atom is 0.416 e. The van der Waals surface area contributed by atoms with Gasteiger partial charge in [-0.15, -0.1) is 0 Å². The number of rotatable bonds is 3. The Morgan fingerprint density at radius 1 is 1.00 bits per heavy atom. The SMILES string of the molecule is N#Cc1ccccc1-c1c(/C(N)=N/O)cc(C(F)(F)F)cc1-c1ccc(O)cc1. The molecule has 0 radical (unpaired) electrons. The van der Waals surface area contributed by atoms with Crippen LogP contribution in [0.2, 0.25) is 0 Å². The number of phenols is 1. The second kappa shape index (κ2) is 7.56. The first-order valence-electron chi connectivity index (χ1n) is 8.28. The molecule has 0 aliphatic heterocycles. The number of oxime groups is 1. The molecule has 0 aliphatic carbocycles. The molecule has 5 nitrogen and oxygen atoms in total. The van der Waals surface area contributed by atoms with Crippen molar-refractivity contribution in [1.29, 1.82) is 5.26 Å². The van der Waals surface area contributed by atoms with Gasteiger partial charge in [-0.1, -0.05) is 35.5 Å². The van der Waals surface area contributed by atoms with Crippen molar-refractivity contribution in [3.8, 4) is 34.1 Å². The van der Waals surface area contributed by atoms with Gasteiger partial charge in [0.05, 0.1) is 17.2 Å². The van der Waals surface area contributed by atoms with E-state index < -0.39 is 17.6 Å². The number of aromatic hydroxyl groups is 1. The Labute approximate surface area is 163 Å². The van der Waals surface area contributed by atoms with Crippen molar-refractivity contribution in [2.45, 2.75) is 6.18 Å². The summed E-state index contributed by atoms with van der Waals surface area (Å²) in [5.41, 5.74) is 5.75. The molecular weight excluding hydrogens is 383 g/mol. The quantitative estimate of drug-likeness (QED) is 0.258. The van der Waals surface area contributed by atoms with E-state index in [1.54, 1.807) is 18.2 Å². The molecular formula is C21H14F3N3O2. The molecule has 3 aromatic rings. The summed E-state index contributed by atoms with van der Waals surface area (Å²) in [5, 5.41) is 31.1. The summed E-state index contributed by atoms with van der Waals surface area (Å²) >= 11 is 0. The number of nitriles is 1. The predicted octanol–water partition coefficient (Wildman–Crippen LogP) is 4.71. The van der Waals surface area contributed by atoms with E-state index in [1.165, 1.54) is 30.3 Å². The summed E-state index contributed by atoms with van der Waals surface area (Å²) < 4.78 is 40.6. The third-order valence-corrected chi connectivity index (χ3v) is 4.34. The number of nitrogens with two attached hydrogens (primary N) is 1. The van der Waals surface area contributed by atoms with Gasteiger partial charge in [-0.2, -0.15) is 18.4 Å². The van der Waals surface area contributed by atoms with Crippen LogP contribution in [0.15, 0.2) is 65.8 Å². The molecule has 0 aliphatic rings. The topological polar surface area (TPSA) is 103 Å². The largest absolute Gasteiger partial charge is 0.508 e. The minimum absolute atomic E-state index is 0.0589. The number of amidine groups is 1. The third kappa shape index (κ3) is 3.84. The van der Waals surface area contributed by atoms with E-state index in [1.807, 2.05) is 6.07 Å². The number of hydrogen-bond donors (Lipinski definition) is 3. The molecule has 0 atom stereocenters. The monoisotopic (exact) mass is 397 g/mol. The maximum absolute atomic E-state index is 13.5. The van der Waals surface area contributed by atoms with Crippen molar-refractivity contribution in [3.63, 3.8) is 0 Å². The lowest BCUT2D eigenvalue weighted by Gasteiger charge is -2.19. The molecule has 0 aromatic heterocycles. The summed E-state index contributed by atoms with van der Waals surface area (Å²) in [5.74, 6) is -0.588. The van der Waals surface area contributed by atoms with Crippen LogP contribution in [0.4, 0.5) is 13.2 Å². The fraction of sp³-hybridized carbons (Fsp3) is 0.0476. The van der Waals surface area contributed by atoms with Crippen LogP contribution in [0.1, 0.15) is 16.7 Å². The van der Waals surface area contributed by atoms with Gasteiger partial charge in [0.25, 0.3) is 0 Å². The molecule has 0 spiro atoms. The van der Waals surface area contributed by atoms with Gasteiger partial charge in [-0.05, 0) is 41.5 Å². The van der Waals surface area contributed by atoms with Gasteiger partial charge in [0.1, 0.15) is 5.75 Å². The normalized spacial score (nSPS) is 11.9. The fourth-order valence-electron chi connectivity index (χ4n) is 3.02. The third-order valence-electron chi connectivity index (χ3n) is 4.34. The zero-order chi connectivity index (χ0) is 21.2. The van der Waals surface area contributed by atoms with Crippen LogP contribution in [0.25, 0.3) is 22.3 Å². The number of nitrogens with zero attached hydrogens (tertiary/aromatic N) is 2. The standard InChI is InChI=1S/C21H14F3N3O2/c22-21(23,24)14-9-17(12-5-7-15(28)8-6-12)19(18(10-14)20(26)27-29)16-4-2-1-3-13(16)11-25/h1-10,28-29H,(H2,26,27). The molecule has 0 unspecified atom stereocenters. The van der Waals surface area contributed by atoms with Crippen LogP contribution in [0.3, 0.4) is 0 Å². The average molecular weight is 397 g/mol. The number of phenolic OH excluding ortho intramolecular Hbond substituents is 1. The highest BCUT2D eigenvalue weighted by Gasteiger charge is 2.33. The Kier molecular flexibility index (Phi) is 5.15. The van der Waals surface area contributed by atoms with Crippen LogP contribution in [-0.4, -0.2) is 16.1 Å². The highest BCUT2D eigenvalue weighted by Crippen LogP contribution is 2.41. The van der Waals surface area contributed by atoms with E-state index in [0.717, 1.165) is 12.1 Å². The molecule has 0 heterocycles. The maximum atomic E-state index is 13.5. The van der Waals surface area contributed by atoms with E-state index in [0.29, 0.717) is 11.1 Å². The van der Waals surface area contributed by atoms with Gasteiger partial charge in [0.15, 0.2) is 5.84 Å². The fourth-order valence-corrected chi connectivity index (χ4v) is 3.02. The molecule has 29 heavy (non-hydrogen) atoms.